The van der Waals surface area contributed by atoms with Crippen LogP contribution in [0.5, 0.6) is 0 Å². The van der Waals surface area contributed by atoms with Gasteiger partial charge in [0, 0.05) is 21.8 Å². The molecule has 1 aromatic heterocycles. The molecule has 0 N–H and O–H groups in total. The topological polar surface area (TPSA) is 12.9 Å². The molecule has 2 heteroatoms. The Hall–Kier alpha value is -1.93. The molecule has 2 aromatic carbocycles. The van der Waals surface area contributed by atoms with E-state index in [4.69, 9.17) is 0 Å². The number of nitrogens with zero attached hydrogens (tertiary/aromatic N) is 1. The van der Waals surface area contributed by atoms with Gasteiger partial charge in [0.15, 0.2) is 0 Å². The van der Waals surface area contributed by atoms with E-state index < -0.39 is 0 Å². The predicted octanol–water partition coefficient (Wildman–Crippen LogP) is 5.79. The monoisotopic (exact) mass is 337 g/mol. The number of benzene rings is 2. The third-order valence-electron chi connectivity index (χ3n) is 3.75. The number of pyridine rings is 1. The minimum atomic E-state index is 1.01. The average molecular weight is 338 g/mol. The molecule has 0 unspecified atom stereocenters. The van der Waals surface area contributed by atoms with Crippen LogP contribution in [0.1, 0.15) is 11.1 Å². The van der Waals surface area contributed by atoms with Crippen LogP contribution >= 0.6 is 15.9 Å². The number of hydrogen-bond donors (Lipinski definition) is 0. The molecule has 0 saturated carbocycles. The Morgan fingerprint density at radius 3 is 2.24 bits per heavy atom. The summed E-state index contributed by atoms with van der Waals surface area (Å²) in [4.78, 5) is 4.62. The summed E-state index contributed by atoms with van der Waals surface area (Å²) >= 11 is 3.59. The van der Waals surface area contributed by atoms with Crippen molar-refractivity contribution in [2.45, 2.75) is 13.8 Å². The fraction of sp³-hybridized carbons (Fsp3) is 0.105. The summed E-state index contributed by atoms with van der Waals surface area (Å²) in [7, 11) is 0. The zero-order valence-electron chi connectivity index (χ0n) is 12.1. The summed E-state index contributed by atoms with van der Waals surface area (Å²) in [5.41, 5.74) is 7.06. The first kappa shape index (κ1) is 14.0. The molecular formula is C19H16BrN. The van der Waals surface area contributed by atoms with Gasteiger partial charge in [0.25, 0.3) is 0 Å². The van der Waals surface area contributed by atoms with Crippen molar-refractivity contribution in [2.24, 2.45) is 0 Å². The van der Waals surface area contributed by atoms with Crippen LogP contribution < -0.4 is 0 Å². The smallest absolute Gasteiger partial charge is 0.0702 e. The number of rotatable bonds is 2. The van der Waals surface area contributed by atoms with Crippen LogP contribution in [0.25, 0.3) is 22.4 Å². The third kappa shape index (κ3) is 2.91. The molecule has 3 aromatic rings. The maximum atomic E-state index is 4.62. The van der Waals surface area contributed by atoms with E-state index in [1.165, 1.54) is 11.1 Å². The first-order valence-corrected chi connectivity index (χ1v) is 7.73. The molecule has 21 heavy (non-hydrogen) atoms. The predicted molar refractivity (Wildman–Crippen MR) is 92.3 cm³/mol. The van der Waals surface area contributed by atoms with Crippen LogP contribution in [0.3, 0.4) is 0 Å². The first-order chi connectivity index (χ1) is 10.1. The second kappa shape index (κ2) is 5.82. The van der Waals surface area contributed by atoms with Gasteiger partial charge in [0.1, 0.15) is 0 Å². The zero-order valence-corrected chi connectivity index (χ0v) is 13.7. The number of aryl methyl sites for hydroxylation is 2. The van der Waals surface area contributed by atoms with Gasteiger partial charge >= 0.3 is 0 Å². The highest BCUT2D eigenvalue weighted by Gasteiger charge is 2.05. The van der Waals surface area contributed by atoms with Crippen molar-refractivity contribution in [2.75, 3.05) is 0 Å². The van der Waals surface area contributed by atoms with Crippen molar-refractivity contribution in [1.29, 1.82) is 0 Å². The highest BCUT2D eigenvalue weighted by Crippen LogP contribution is 2.29. The second-order valence-corrected chi connectivity index (χ2v) is 6.07. The fourth-order valence-corrected chi connectivity index (χ4v) is 2.83. The Kier molecular flexibility index (Phi) is 3.89. The molecule has 0 radical (unpaired) electrons. The van der Waals surface area contributed by atoms with Crippen LogP contribution in [0.15, 0.2) is 65.3 Å². The molecule has 0 atom stereocenters. The fourth-order valence-electron chi connectivity index (χ4n) is 2.32. The molecule has 1 heterocycles. The number of halogens is 1. The lowest BCUT2D eigenvalue weighted by Gasteiger charge is -2.07. The SMILES string of the molecule is Cc1ccc(-c2ccc(-c3ccccc3Br)cn2)cc1C. The summed E-state index contributed by atoms with van der Waals surface area (Å²) in [6.07, 6.45) is 1.94. The van der Waals surface area contributed by atoms with Gasteiger partial charge in [-0.1, -0.05) is 52.3 Å². The van der Waals surface area contributed by atoms with Gasteiger partial charge in [-0.2, -0.15) is 0 Å². The lowest BCUT2D eigenvalue weighted by atomic mass is 10.0. The van der Waals surface area contributed by atoms with E-state index in [9.17, 15) is 0 Å². The largest absolute Gasteiger partial charge is 0.256 e. The van der Waals surface area contributed by atoms with E-state index >= 15 is 0 Å². The zero-order chi connectivity index (χ0) is 14.8. The summed E-state index contributed by atoms with van der Waals surface area (Å²) in [6, 6.07) is 18.9. The van der Waals surface area contributed by atoms with Crippen LogP contribution in [0.4, 0.5) is 0 Å². The Morgan fingerprint density at radius 2 is 1.57 bits per heavy atom. The normalized spacial score (nSPS) is 10.6. The highest BCUT2D eigenvalue weighted by molar-refractivity contribution is 9.10. The lowest BCUT2D eigenvalue weighted by Crippen LogP contribution is -1.88. The maximum absolute atomic E-state index is 4.62. The Balaban J connectivity index is 1.97. The Labute approximate surface area is 133 Å². The molecule has 0 aliphatic rings. The highest BCUT2D eigenvalue weighted by atomic mass is 79.9. The number of hydrogen-bond acceptors (Lipinski definition) is 1. The van der Waals surface area contributed by atoms with Crippen molar-refractivity contribution >= 4 is 15.9 Å². The molecule has 104 valence electrons. The third-order valence-corrected chi connectivity index (χ3v) is 4.44. The molecule has 0 aliphatic carbocycles. The molecule has 0 bridgehead atoms. The molecule has 0 amide bonds. The number of aromatic nitrogens is 1. The van der Waals surface area contributed by atoms with E-state index in [-0.39, 0.29) is 0 Å². The minimum absolute atomic E-state index is 1.01. The summed E-state index contributed by atoms with van der Waals surface area (Å²) in [5.74, 6) is 0. The van der Waals surface area contributed by atoms with E-state index in [0.29, 0.717) is 0 Å². The van der Waals surface area contributed by atoms with Gasteiger partial charge in [-0.15, -0.1) is 0 Å². The quantitative estimate of drug-likeness (QED) is 0.576. The molecule has 0 saturated heterocycles. The summed E-state index contributed by atoms with van der Waals surface area (Å²) < 4.78 is 1.09. The molecule has 3 rings (SSSR count). The van der Waals surface area contributed by atoms with E-state index in [2.05, 4.69) is 71.2 Å². The van der Waals surface area contributed by atoms with E-state index in [0.717, 1.165) is 26.9 Å². The van der Waals surface area contributed by atoms with Crippen LogP contribution in [0, 0.1) is 13.8 Å². The lowest BCUT2D eigenvalue weighted by molar-refractivity contribution is 1.29. The Bertz CT molecular complexity index is 776. The minimum Gasteiger partial charge on any atom is -0.256 e. The van der Waals surface area contributed by atoms with Crippen molar-refractivity contribution in [3.8, 4) is 22.4 Å². The summed E-state index contributed by atoms with van der Waals surface area (Å²) in [6.45, 7) is 4.26. The van der Waals surface area contributed by atoms with Crippen LogP contribution in [0.2, 0.25) is 0 Å². The van der Waals surface area contributed by atoms with Gasteiger partial charge in [-0.3, -0.25) is 4.98 Å². The van der Waals surface area contributed by atoms with Crippen molar-refractivity contribution in [1.82, 2.24) is 4.98 Å². The van der Waals surface area contributed by atoms with Crippen LogP contribution in [-0.4, -0.2) is 4.98 Å². The summed E-state index contributed by atoms with van der Waals surface area (Å²) in [5, 5.41) is 0. The molecular weight excluding hydrogens is 322 g/mol. The Morgan fingerprint density at radius 1 is 0.810 bits per heavy atom. The van der Waals surface area contributed by atoms with Crippen LogP contribution in [-0.2, 0) is 0 Å². The maximum Gasteiger partial charge on any atom is 0.0702 e. The van der Waals surface area contributed by atoms with Gasteiger partial charge in [-0.25, -0.2) is 0 Å². The van der Waals surface area contributed by atoms with E-state index in [1.54, 1.807) is 0 Å². The molecule has 0 fully saturated rings. The van der Waals surface area contributed by atoms with Crippen molar-refractivity contribution in [3.05, 3.63) is 76.4 Å². The molecule has 0 spiro atoms. The van der Waals surface area contributed by atoms with Gasteiger partial charge < -0.3 is 0 Å². The first-order valence-electron chi connectivity index (χ1n) is 6.94. The standard InChI is InChI=1S/C19H16BrN/c1-13-7-8-15(11-14(13)2)19-10-9-16(12-21-19)17-5-3-4-6-18(17)20/h3-12H,1-2H3. The average Bonchev–Trinajstić information content (AvgIpc) is 2.51. The van der Waals surface area contributed by atoms with Gasteiger partial charge in [0.05, 0.1) is 5.69 Å². The van der Waals surface area contributed by atoms with Gasteiger partial charge in [0.2, 0.25) is 0 Å². The molecule has 1 nitrogen and oxygen atoms in total. The second-order valence-electron chi connectivity index (χ2n) is 5.21. The van der Waals surface area contributed by atoms with Crippen molar-refractivity contribution < 1.29 is 0 Å². The van der Waals surface area contributed by atoms with Gasteiger partial charge in [-0.05, 0) is 48.7 Å². The van der Waals surface area contributed by atoms with E-state index in [1.807, 2.05) is 24.4 Å². The molecule has 0 aliphatic heterocycles. The van der Waals surface area contributed by atoms with Crippen molar-refractivity contribution in [3.63, 3.8) is 0 Å².